The maximum absolute atomic E-state index is 14.8. The van der Waals surface area contributed by atoms with Gasteiger partial charge in [0.1, 0.15) is 5.82 Å². The second-order valence-electron chi connectivity index (χ2n) is 9.84. The molecule has 1 aliphatic heterocycles. The summed E-state index contributed by atoms with van der Waals surface area (Å²) in [7, 11) is 1.75. The monoisotopic (exact) mass is 542 g/mol. The molecule has 2 amide bonds. The Bertz CT molecular complexity index is 1510. The third-order valence-electron chi connectivity index (χ3n) is 7.09. The van der Waals surface area contributed by atoms with Gasteiger partial charge in [-0.05, 0) is 86.5 Å². The first-order chi connectivity index (χ1) is 19.3. The van der Waals surface area contributed by atoms with Crippen molar-refractivity contribution in [2.45, 2.75) is 25.9 Å². The Hall–Kier alpha value is -4.70. The molecule has 0 aliphatic carbocycles. The average molecular weight is 543 g/mol. The normalized spacial score (nSPS) is 13.7. The Labute approximate surface area is 231 Å². The van der Waals surface area contributed by atoms with E-state index >= 15 is 0 Å². The second kappa shape index (κ2) is 11.6. The number of aryl methyl sites for hydroxylation is 1. The first kappa shape index (κ1) is 26.9. The zero-order valence-electron chi connectivity index (χ0n) is 22.3. The van der Waals surface area contributed by atoms with Crippen LogP contribution in [0, 0.1) is 12.7 Å². The molecule has 40 heavy (non-hydrogen) atoms. The fourth-order valence-electron chi connectivity index (χ4n) is 4.56. The molecule has 0 saturated carbocycles. The van der Waals surface area contributed by atoms with Gasteiger partial charge < -0.3 is 26.0 Å². The fourth-order valence-corrected chi connectivity index (χ4v) is 4.56. The number of benzene rings is 3. The summed E-state index contributed by atoms with van der Waals surface area (Å²) in [5.41, 5.74) is 4.52. The second-order valence-corrected chi connectivity index (χ2v) is 9.84. The largest absolute Gasteiger partial charge is 0.393 e. The number of halogens is 1. The van der Waals surface area contributed by atoms with E-state index in [0.717, 1.165) is 31.6 Å². The van der Waals surface area contributed by atoms with Gasteiger partial charge in [-0.3, -0.25) is 14.3 Å². The van der Waals surface area contributed by atoms with Crippen LogP contribution in [0.1, 0.15) is 39.3 Å². The summed E-state index contributed by atoms with van der Waals surface area (Å²) >= 11 is 0. The number of aliphatic hydroxyl groups excluding tert-OH is 1. The molecule has 10 heteroatoms. The Balaban J connectivity index is 1.16. The highest BCUT2D eigenvalue weighted by atomic mass is 19.1. The van der Waals surface area contributed by atoms with Crippen LogP contribution >= 0.6 is 0 Å². The number of anilines is 5. The van der Waals surface area contributed by atoms with Crippen molar-refractivity contribution in [3.63, 3.8) is 0 Å². The minimum absolute atomic E-state index is 0.230. The van der Waals surface area contributed by atoms with Crippen molar-refractivity contribution in [2.24, 2.45) is 7.05 Å². The molecule has 3 aromatic carbocycles. The smallest absolute Gasteiger partial charge is 0.259 e. The lowest BCUT2D eigenvalue weighted by Gasteiger charge is -2.31. The van der Waals surface area contributed by atoms with E-state index < -0.39 is 5.82 Å². The van der Waals surface area contributed by atoms with Gasteiger partial charge in [0, 0.05) is 54.1 Å². The van der Waals surface area contributed by atoms with Crippen molar-refractivity contribution < 1.29 is 19.1 Å². The molecule has 0 spiro atoms. The van der Waals surface area contributed by atoms with Crippen molar-refractivity contribution in [2.75, 3.05) is 33.9 Å². The number of nitrogens with one attached hydrogen (secondary N) is 3. The summed E-state index contributed by atoms with van der Waals surface area (Å²) in [5.74, 6) is -1.12. The number of aliphatic hydroxyl groups is 1. The number of nitrogens with zero attached hydrogens (tertiary/aromatic N) is 3. The third kappa shape index (κ3) is 6.13. The van der Waals surface area contributed by atoms with Crippen LogP contribution in [0.2, 0.25) is 0 Å². The van der Waals surface area contributed by atoms with Crippen LogP contribution in [0.25, 0.3) is 0 Å². The maximum Gasteiger partial charge on any atom is 0.259 e. The van der Waals surface area contributed by atoms with Crippen molar-refractivity contribution >= 4 is 40.3 Å². The van der Waals surface area contributed by atoms with Crippen LogP contribution in [-0.2, 0) is 7.05 Å². The number of carbonyl (C=O) groups is 2. The quantitative estimate of drug-likeness (QED) is 0.259. The molecule has 4 aromatic rings. The standard InChI is InChI=1S/C30H31FN6O3/c1-19-26(18-32-36(19)2)30(40)35-23-9-12-28(27(31)17-23)33-21-5-7-22(8-6-21)34-29(39)20-3-10-24(11-4-20)37-15-13-25(38)14-16-37/h3-12,17-18,25,33,38H,13-16H2,1-2H3,(H,34,39)(H,35,40). The highest BCUT2D eigenvalue weighted by Crippen LogP contribution is 2.25. The number of rotatable bonds is 7. The molecule has 9 nitrogen and oxygen atoms in total. The lowest BCUT2D eigenvalue weighted by Crippen LogP contribution is -2.35. The van der Waals surface area contributed by atoms with E-state index in [2.05, 4.69) is 25.9 Å². The van der Waals surface area contributed by atoms with Gasteiger partial charge in [-0.1, -0.05) is 0 Å². The van der Waals surface area contributed by atoms with Crippen molar-refractivity contribution in [1.29, 1.82) is 0 Å². The predicted octanol–water partition coefficient (Wildman–Crippen LogP) is 5.08. The predicted molar refractivity (Wildman–Crippen MR) is 154 cm³/mol. The lowest BCUT2D eigenvalue weighted by atomic mass is 10.1. The van der Waals surface area contributed by atoms with Gasteiger partial charge in [-0.15, -0.1) is 0 Å². The molecule has 2 heterocycles. The van der Waals surface area contributed by atoms with Gasteiger partial charge in [-0.25, -0.2) is 4.39 Å². The summed E-state index contributed by atoms with van der Waals surface area (Å²) in [6.07, 6.45) is 2.73. The van der Waals surface area contributed by atoms with Crippen molar-refractivity contribution in [3.05, 3.63) is 95.6 Å². The van der Waals surface area contributed by atoms with Gasteiger partial charge in [0.15, 0.2) is 0 Å². The molecule has 0 unspecified atom stereocenters. The first-order valence-corrected chi connectivity index (χ1v) is 13.1. The molecule has 1 aliphatic rings. The van der Waals surface area contributed by atoms with Gasteiger partial charge in [-0.2, -0.15) is 5.10 Å². The van der Waals surface area contributed by atoms with Gasteiger partial charge >= 0.3 is 0 Å². The third-order valence-corrected chi connectivity index (χ3v) is 7.09. The fraction of sp³-hybridized carbons (Fsp3) is 0.233. The van der Waals surface area contributed by atoms with Crippen molar-refractivity contribution in [1.82, 2.24) is 9.78 Å². The molecule has 0 bridgehead atoms. The SMILES string of the molecule is Cc1c(C(=O)Nc2ccc(Nc3ccc(NC(=O)c4ccc(N5CCC(O)CC5)cc4)cc3)c(F)c2)cnn1C. The van der Waals surface area contributed by atoms with Crippen LogP contribution in [0.3, 0.4) is 0 Å². The van der Waals surface area contributed by atoms with E-state index in [0.29, 0.717) is 33.9 Å². The number of aromatic nitrogens is 2. The zero-order chi connectivity index (χ0) is 28.2. The molecule has 1 saturated heterocycles. The average Bonchev–Trinajstić information content (AvgIpc) is 3.29. The summed E-state index contributed by atoms with van der Waals surface area (Å²) in [6, 6.07) is 18.8. The summed E-state index contributed by atoms with van der Waals surface area (Å²) in [5, 5.41) is 22.3. The maximum atomic E-state index is 14.8. The van der Waals surface area contributed by atoms with Crippen LogP contribution < -0.4 is 20.9 Å². The Kier molecular flexibility index (Phi) is 7.79. The molecule has 4 N–H and O–H groups in total. The molecule has 0 atom stereocenters. The van der Waals surface area contributed by atoms with Gasteiger partial charge in [0.05, 0.1) is 23.6 Å². The van der Waals surface area contributed by atoms with Gasteiger partial charge in [0.2, 0.25) is 0 Å². The van der Waals surface area contributed by atoms with E-state index in [1.54, 1.807) is 67.2 Å². The van der Waals surface area contributed by atoms with Crippen LogP contribution in [0.4, 0.5) is 32.8 Å². The lowest BCUT2D eigenvalue weighted by molar-refractivity contribution is 0.101. The molecule has 1 fully saturated rings. The first-order valence-electron chi connectivity index (χ1n) is 13.1. The minimum atomic E-state index is -0.526. The van der Waals surface area contributed by atoms with E-state index in [9.17, 15) is 19.1 Å². The molecule has 1 aromatic heterocycles. The number of hydrogen-bond acceptors (Lipinski definition) is 6. The number of piperidine rings is 1. The van der Waals surface area contributed by atoms with E-state index in [4.69, 9.17) is 0 Å². The summed E-state index contributed by atoms with van der Waals surface area (Å²) in [6.45, 7) is 3.38. The molecular weight excluding hydrogens is 511 g/mol. The topological polar surface area (TPSA) is 112 Å². The van der Waals surface area contributed by atoms with E-state index in [-0.39, 0.29) is 23.6 Å². The molecule has 5 rings (SSSR count). The van der Waals surface area contributed by atoms with Crippen molar-refractivity contribution in [3.8, 4) is 0 Å². The van der Waals surface area contributed by atoms with E-state index in [1.807, 2.05) is 12.1 Å². The summed E-state index contributed by atoms with van der Waals surface area (Å²) < 4.78 is 16.4. The molecule has 206 valence electrons. The molecule has 0 radical (unpaired) electrons. The number of carbonyl (C=O) groups excluding carboxylic acids is 2. The highest BCUT2D eigenvalue weighted by molar-refractivity contribution is 6.05. The Morgan fingerprint density at radius 1 is 0.900 bits per heavy atom. The number of amides is 2. The number of hydrogen-bond donors (Lipinski definition) is 4. The minimum Gasteiger partial charge on any atom is -0.393 e. The zero-order valence-corrected chi connectivity index (χ0v) is 22.3. The Morgan fingerprint density at radius 2 is 1.52 bits per heavy atom. The molecular formula is C30H31FN6O3. The van der Waals surface area contributed by atoms with Crippen LogP contribution in [0.5, 0.6) is 0 Å². The van der Waals surface area contributed by atoms with Crippen LogP contribution in [-0.4, -0.2) is 45.9 Å². The Morgan fingerprint density at radius 3 is 2.15 bits per heavy atom. The van der Waals surface area contributed by atoms with Gasteiger partial charge in [0.25, 0.3) is 11.8 Å². The summed E-state index contributed by atoms with van der Waals surface area (Å²) in [4.78, 5) is 27.4. The van der Waals surface area contributed by atoms with Crippen LogP contribution in [0.15, 0.2) is 72.9 Å². The highest BCUT2D eigenvalue weighted by Gasteiger charge is 2.18. The van der Waals surface area contributed by atoms with E-state index in [1.165, 1.54) is 12.3 Å².